The average Bonchev–Trinajstić information content (AvgIpc) is 2.54. The lowest BCUT2D eigenvalue weighted by atomic mass is 10.2. The zero-order valence-electron chi connectivity index (χ0n) is 12.3. The van der Waals surface area contributed by atoms with Crippen LogP contribution in [0, 0.1) is 0 Å². The van der Waals surface area contributed by atoms with Gasteiger partial charge in [-0.05, 0) is 24.3 Å². The number of hydrogen-bond donors (Lipinski definition) is 1. The number of amides is 1. The van der Waals surface area contributed by atoms with Crippen molar-refractivity contribution < 1.29 is 19.0 Å². The number of carbonyl (C=O) groups excluding carboxylic acids is 1. The molecule has 0 bridgehead atoms. The number of nitrogens with one attached hydrogen (secondary N) is 1. The molecule has 0 unspecified atom stereocenters. The molecule has 2 aromatic carbocycles. The fourth-order valence-electron chi connectivity index (χ4n) is 1.76. The molecule has 0 aliphatic heterocycles. The Morgan fingerprint density at radius 2 is 1.59 bits per heavy atom. The highest BCUT2D eigenvalue weighted by molar-refractivity contribution is 9.10. The molecule has 2 aromatic rings. The average molecular weight is 366 g/mol. The molecule has 2 rings (SSSR count). The van der Waals surface area contributed by atoms with Gasteiger partial charge in [-0.25, -0.2) is 0 Å². The standard InChI is InChI=1S/C16H16BrNO4/c1-20-14-7-12(8-15(9-14)21-2)18-16(19)10-22-13-5-3-11(17)4-6-13/h3-9H,10H2,1-2H3,(H,18,19). The molecule has 0 spiro atoms. The van der Waals surface area contributed by atoms with Gasteiger partial charge in [-0.15, -0.1) is 0 Å². The molecule has 5 nitrogen and oxygen atoms in total. The third-order valence-corrected chi connectivity index (χ3v) is 3.35. The van der Waals surface area contributed by atoms with Crippen LogP contribution in [0.5, 0.6) is 17.2 Å². The Morgan fingerprint density at radius 3 is 2.14 bits per heavy atom. The van der Waals surface area contributed by atoms with Crippen molar-refractivity contribution in [2.75, 3.05) is 26.1 Å². The molecule has 22 heavy (non-hydrogen) atoms. The molecular weight excluding hydrogens is 350 g/mol. The predicted molar refractivity (Wildman–Crippen MR) is 87.8 cm³/mol. The van der Waals surface area contributed by atoms with Crippen molar-refractivity contribution in [3.05, 3.63) is 46.9 Å². The fourth-order valence-corrected chi connectivity index (χ4v) is 2.02. The highest BCUT2D eigenvalue weighted by Gasteiger charge is 2.07. The van der Waals surface area contributed by atoms with Crippen LogP contribution in [0.3, 0.4) is 0 Å². The molecule has 0 aliphatic rings. The van der Waals surface area contributed by atoms with Gasteiger partial charge in [0.25, 0.3) is 5.91 Å². The van der Waals surface area contributed by atoms with Crippen LogP contribution in [0.25, 0.3) is 0 Å². The number of rotatable bonds is 6. The zero-order valence-corrected chi connectivity index (χ0v) is 13.8. The first-order valence-electron chi connectivity index (χ1n) is 6.52. The number of anilines is 1. The van der Waals surface area contributed by atoms with E-state index in [0.29, 0.717) is 22.9 Å². The summed E-state index contributed by atoms with van der Waals surface area (Å²) in [7, 11) is 3.11. The van der Waals surface area contributed by atoms with Crippen molar-refractivity contribution >= 4 is 27.5 Å². The summed E-state index contributed by atoms with van der Waals surface area (Å²) in [5, 5.41) is 2.74. The molecule has 1 amide bonds. The van der Waals surface area contributed by atoms with Gasteiger partial charge in [-0.2, -0.15) is 0 Å². The number of ether oxygens (including phenoxy) is 3. The first-order valence-corrected chi connectivity index (χ1v) is 7.31. The minimum atomic E-state index is -0.266. The zero-order chi connectivity index (χ0) is 15.9. The van der Waals surface area contributed by atoms with E-state index in [2.05, 4.69) is 21.2 Å². The van der Waals surface area contributed by atoms with Gasteiger partial charge in [0.05, 0.1) is 14.2 Å². The Labute approximate surface area is 137 Å². The highest BCUT2D eigenvalue weighted by Crippen LogP contribution is 2.25. The van der Waals surface area contributed by atoms with Crippen molar-refractivity contribution in [3.8, 4) is 17.2 Å². The Morgan fingerprint density at radius 1 is 1.00 bits per heavy atom. The summed E-state index contributed by atoms with van der Waals surface area (Å²) in [4.78, 5) is 11.9. The number of benzene rings is 2. The summed E-state index contributed by atoms with van der Waals surface area (Å²) in [5.41, 5.74) is 0.584. The van der Waals surface area contributed by atoms with E-state index in [9.17, 15) is 4.79 Å². The minimum Gasteiger partial charge on any atom is -0.497 e. The molecule has 1 N–H and O–H groups in total. The quantitative estimate of drug-likeness (QED) is 0.851. The smallest absolute Gasteiger partial charge is 0.262 e. The van der Waals surface area contributed by atoms with E-state index in [-0.39, 0.29) is 12.5 Å². The summed E-state index contributed by atoms with van der Waals surface area (Å²) in [6.07, 6.45) is 0. The van der Waals surface area contributed by atoms with Gasteiger partial charge >= 0.3 is 0 Å². The number of halogens is 1. The Bertz CT molecular complexity index is 621. The van der Waals surface area contributed by atoms with Crippen LogP contribution in [0.1, 0.15) is 0 Å². The molecular formula is C16H16BrNO4. The highest BCUT2D eigenvalue weighted by atomic mass is 79.9. The van der Waals surface area contributed by atoms with E-state index < -0.39 is 0 Å². The monoisotopic (exact) mass is 365 g/mol. The first-order chi connectivity index (χ1) is 10.6. The molecule has 0 fully saturated rings. The number of carbonyl (C=O) groups is 1. The van der Waals surface area contributed by atoms with E-state index in [0.717, 1.165) is 4.47 Å². The predicted octanol–water partition coefficient (Wildman–Crippen LogP) is 3.48. The first kappa shape index (κ1) is 16.2. The second-order valence-corrected chi connectivity index (χ2v) is 5.31. The van der Waals surface area contributed by atoms with Crippen molar-refractivity contribution in [1.29, 1.82) is 0 Å². The van der Waals surface area contributed by atoms with Crippen LogP contribution in [0.2, 0.25) is 0 Å². The Kier molecular flexibility index (Phi) is 5.66. The summed E-state index contributed by atoms with van der Waals surface area (Å²) < 4.78 is 16.7. The lowest BCUT2D eigenvalue weighted by Gasteiger charge is -2.10. The van der Waals surface area contributed by atoms with Gasteiger partial charge < -0.3 is 19.5 Å². The van der Waals surface area contributed by atoms with Crippen LogP contribution in [0.4, 0.5) is 5.69 Å². The van der Waals surface area contributed by atoms with Gasteiger partial charge in [0, 0.05) is 28.4 Å². The summed E-state index contributed by atoms with van der Waals surface area (Å²) >= 11 is 3.34. The summed E-state index contributed by atoms with van der Waals surface area (Å²) in [5.74, 6) is 1.56. The summed E-state index contributed by atoms with van der Waals surface area (Å²) in [6, 6.07) is 12.4. The maximum Gasteiger partial charge on any atom is 0.262 e. The molecule has 0 aliphatic carbocycles. The van der Waals surface area contributed by atoms with Crippen molar-refractivity contribution in [3.63, 3.8) is 0 Å². The van der Waals surface area contributed by atoms with E-state index in [1.807, 2.05) is 12.1 Å². The number of methoxy groups -OCH3 is 2. The molecule has 0 heterocycles. The molecule has 0 aromatic heterocycles. The van der Waals surface area contributed by atoms with Crippen molar-refractivity contribution in [2.24, 2.45) is 0 Å². The fraction of sp³-hybridized carbons (Fsp3) is 0.188. The Balaban J connectivity index is 1.95. The third kappa shape index (κ3) is 4.66. The Hall–Kier alpha value is -2.21. The largest absolute Gasteiger partial charge is 0.497 e. The van der Waals surface area contributed by atoms with Gasteiger partial charge in [-0.3, -0.25) is 4.79 Å². The van der Waals surface area contributed by atoms with Crippen LogP contribution >= 0.6 is 15.9 Å². The van der Waals surface area contributed by atoms with Gasteiger partial charge in [0.1, 0.15) is 17.2 Å². The van der Waals surface area contributed by atoms with Crippen molar-refractivity contribution in [1.82, 2.24) is 0 Å². The maximum absolute atomic E-state index is 11.9. The van der Waals surface area contributed by atoms with Gasteiger partial charge in [0.2, 0.25) is 0 Å². The number of hydrogen-bond acceptors (Lipinski definition) is 4. The van der Waals surface area contributed by atoms with Gasteiger partial charge in [-0.1, -0.05) is 15.9 Å². The SMILES string of the molecule is COc1cc(NC(=O)COc2ccc(Br)cc2)cc(OC)c1. The second kappa shape index (κ2) is 7.70. The van der Waals surface area contributed by atoms with E-state index in [1.54, 1.807) is 44.6 Å². The lowest BCUT2D eigenvalue weighted by molar-refractivity contribution is -0.118. The van der Waals surface area contributed by atoms with Gasteiger partial charge in [0.15, 0.2) is 6.61 Å². The van der Waals surface area contributed by atoms with Crippen molar-refractivity contribution in [2.45, 2.75) is 0 Å². The molecule has 0 radical (unpaired) electrons. The van der Waals surface area contributed by atoms with Crippen LogP contribution in [-0.4, -0.2) is 26.7 Å². The molecule has 0 saturated carbocycles. The van der Waals surface area contributed by atoms with E-state index in [1.165, 1.54) is 0 Å². The summed E-state index contributed by atoms with van der Waals surface area (Å²) in [6.45, 7) is -0.0822. The van der Waals surface area contributed by atoms with E-state index in [4.69, 9.17) is 14.2 Å². The lowest BCUT2D eigenvalue weighted by Crippen LogP contribution is -2.20. The molecule has 0 atom stereocenters. The van der Waals surface area contributed by atoms with Crippen LogP contribution in [-0.2, 0) is 4.79 Å². The maximum atomic E-state index is 11.9. The van der Waals surface area contributed by atoms with Crippen LogP contribution < -0.4 is 19.5 Å². The third-order valence-electron chi connectivity index (χ3n) is 2.82. The topological polar surface area (TPSA) is 56.8 Å². The normalized spacial score (nSPS) is 9.95. The van der Waals surface area contributed by atoms with Crippen LogP contribution in [0.15, 0.2) is 46.9 Å². The second-order valence-electron chi connectivity index (χ2n) is 4.39. The molecule has 6 heteroatoms. The minimum absolute atomic E-state index is 0.0822. The molecule has 0 saturated heterocycles. The van der Waals surface area contributed by atoms with E-state index >= 15 is 0 Å². The molecule has 116 valence electrons.